The van der Waals surface area contributed by atoms with Crippen LogP contribution < -0.4 is 0 Å². The molecule has 1 aromatic carbocycles. The van der Waals surface area contributed by atoms with E-state index in [-0.39, 0.29) is 11.2 Å². The zero-order valence-electron chi connectivity index (χ0n) is 19.2. The topological polar surface area (TPSA) is 118 Å². The number of hydrogen-bond acceptors (Lipinski definition) is 8. The first-order valence-corrected chi connectivity index (χ1v) is 14.3. The number of carbonyl (C=O) groups is 1. The van der Waals surface area contributed by atoms with Gasteiger partial charge in [0.2, 0.25) is 0 Å². The molecule has 0 aliphatic carbocycles. The van der Waals surface area contributed by atoms with Gasteiger partial charge in [-0.2, -0.15) is 8.42 Å². The third-order valence-electron chi connectivity index (χ3n) is 3.98. The van der Waals surface area contributed by atoms with Crippen molar-refractivity contribution in [3.05, 3.63) is 46.3 Å². The number of azide groups is 1. The smallest absolute Gasteiger partial charge is 0.338 e. The van der Waals surface area contributed by atoms with Crippen LogP contribution in [0.3, 0.4) is 0 Å². The van der Waals surface area contributed by atoms with Crippen molar-refractivity contribution in [3.8, 4) is 0 Å². The molecule has 0 bridgehead atoms. The fourth-order valence-electron chi connectivity index (χ4n) is 2.56. The summed E-state index contributed by atoms with van der Waals surface area (Å²) in [7, 11) is -3.87. The molecular weight excluding hydrogens is 470 g/mol. The van der Waals surface area contributed by atoms with Crippen molar-refractivity contribution in [2.45, 2.75) is 50.8 Å². The lowest BCUT2D eigenvalue weighted by Crippen LogP contribution is -2.36. The van der Waals surface area contributed by atoms with E-state index in [0.29, 0.717) is 23.8 Å². The lowest BCUT2D eigenvalue weighted by Gasteiger charge is -2.26. The van der Waals surface area contributed by atoms with E-state index in [2.05, 4.69) is 37.7 Å². The molecule has 8 nitrogen and oxygen atoms in total. The van der Waals surface area contributed by atoms with Crippen LogP contribution in [0.1, 0.15) is 44.5 Å². The Balaban J connectivity index is 3.01. The molecule has 0 aliphatic heterocycles. The molecule has 0 spiro atoms. The SMILES string of the molecule is CC(C)CSC(C[C@H](N=[N+]=[N-])[C@@H](COC(=O)c1ccccc1)OS(C)(=O)=O)SCC(C)C. The van der Waals surface area contributed by atoms with Crippen LogP contribution in [0, 0.1) is 11.8 Å². The van der Waals surface area contributed by atoms with Gasteiger partial charge in [0.15, 0.2) is 0 Å². The Morgan fingerprint density at radius 2 is 1.66 bits per heavy atom. The summed E-state index contributed by atoms with van der Waals surface area (Å²) in [5.41, 5.74) is 9.46. The van der Waals surface area contributed by atoms with Gasteiger partial charge >= 0.3 is 5.97 Å². The summed E-state index contributed by atoms with van der Waals surface area (Å²) < 4.78 is 34.3. The fourth-order valence-corrected chi connectivity index (χ4v) is 5.92. The first-order chi connectivity index (χ1) is 15.0. The predicted molar refractivity (Wildman–Crippen MR) is 132 cm³/mol. The van der Waals surface area contributed by atoms with Crippen molar-refractivity contribution >= 4 is 39.6 Å². The third-order valence-corrected chi connectivity index (χ3v) is 8.24. The number of esters is 1. The van der Waals surface area contributed by atoms with Gasteiger partial charge in [-0.3, -0.25) is 4.18 Å². The molecular formula is C21H33N3O5S3. The van der Waals surface area contributed by atoms with Gasteiger partial charge in [0.1, 0.15) is 12.7 Å². The van der Waals surface area contributed by atoms with E-state index in [4.69, 9.17) is 14.5 Å². The molecule has 0 radical (unpaired) electrons. The molecule has 0 fully saturated rings. The van der Waals surface area contributed by atoms with E-state index >= 15 is 0 Å². The lowest BCUT2D eigenvalue weighted by molar-refractivity contribution is 0.0274. The molecule has 0 unspecified atom stereocenters. The highest BCUT2D eigenvalue weighted by Gasteiger charge is 2.30. The van der Waals surface area contributed by atoms with Crippen LogP contribution in [-0.4, -0.2) is 55.5 Å². The average molecular weight is 504 g/mol. The van der Waals surface area contributed by atoms with E-state index < -0.39 is 28.2 Å². The molecule has 32 heavy (non-hydrogen) atoms. The van der Waals surface area contributed by atoms with Crippen molar-refractivity contribution in [3.63, 3.8) is 0 Å². The van der Waals surface area contributed by atoms with E-state index in [1.807, 2.05) is 0 Å². The zero-order valence-corrected chi connectivity index (χ0v) is 21.7. The highest BCUT2D eigenvalue weighted by Crippen LogP contribution is 2.33. The summed E-state index contributed by atoms with van der Waals surface area (Å²) in [5.74, 6) is 2.19. The van der Waals surface area contributed by atoms with Crippen LogP contribution >= 0.6 is 23.5 Å². The number of carbonyl (C=O) groups excluding carboxylic acids is 1. The molecule has 0 heterocycles. The zero-order chi connectivity index (χ0) is 24.1. The van der Waals surface area contributed by atoms with Gasteiger partial charge in [-0.25, -0.2) is 4.79 Å². The molecule has 1 rings (SSSR count). The molecule has 0 amide bonds. The first-order valence-electron chi connectivity index (χ1n) is 10.4. The molecule has 180 valence electrons. The molecule has 0 saturated carbocycles. The van der Waals surface area contributed by atoms with Crippen molar-refractivity contribution in [2.24, 2.45) is 17.0 Å². The second kappa shape index (κ2) is 14.7. The van der Waals surface area contributed by atoms with Crippen LogP contribution in [-0.2, 0) is 19.0 Å². The Bertz CT molecular complexity index is 831. The van der Waals surface area contributed by atoms with Gasteiger partial charge in [0.05, 0.1) is 22.4 Å². The lowest BCUT2D eigenvalue weighted by atomic mass is 10.1. The molecule has 1 aromatic rings. The van der Waals surface area contributed by atoms with Crippen LogP contribution in [0.15, 0.2) is 35.4 Å². The summed E-state index contributed by atoms with van der Waals surface area (Å²) >= 11 is 3.50. The number of rotatable bonds is 15. The highest BCUT2D eigenvalue weighted by atomic mass is 32.2. The molecule has 0 N–H and O–H groups in total. The van der Waals surface area contributed by atoms with Crippen molar-refractivity contribution < 1.29 is 22.1 Å². The van der Waals surface area contributed by atoms with E-state index in [1.54, 1.807) is 53.9 Å². The molecule has 0 saturated heterocycles. The Labute approximate surface area is 200 Å². The minimum atomic E-state index is -3.87. The maximum absolute atomic E-state index is 12.3. The van der Waals surface area contributed by atoms with Gasteiger partial charge in [0.25, 0.3) is 10.1 Å². The van der Waals surface area contributed by atoms with E-state index in [0.717, 1.165) is 17.8 Å². The quantitative estimate of drug-likeness (QED) is 0.0789. The van der Waals surface area contributed by atoms with Gasteiger partial charge in [-0.05, 0) is 47.4 Å². The molecule has 2 atom stereocenters. The fraction of sp³-hybridized carbons (Fsp3) is 0.667. The second-order valence-corrected chi connectivity index (χ2v) is 12.6. The predicted octanol–water partition coefficient (Wildman–Crippen LogP) is 5.36. The summed E-state index contributed by atoms with van der Waals surface area (Å²) in [5, 5.41) is 3.83. The van der Waals surface area contributed by atoms with Gasteiger partial charge < -0.3 is 4.74 Å². The minimum absolute atomic E-state index is 0.0748. The first kappa shape index (κ1) is 28.6. The monoisotopic (exact) mass is 503 g/mol. The van der Waals surface area contributed by atoms with Gasteiger partial charge in [0, 0.05) is 4.91 Å². The van der Waals surface area contributed by atoms with Crippen LogP contribution in [0.5, 0.6) is 0 Å². The van der Waals surface area contributed by atoms with Gasteiger partial charge in [-0.15, -0.1) is 23.5 Å². The second-order valence-electron chi connectivity index (χ2n) is 8.20. The Hall–Kier alpha value is -1.39. The van der Waals surface area contributed by atoms with E-state index in [9.17, 15) is 13.2 Å². The Kier molecular flexibility index (Phi) is 13.2. The number of thioether (sulfide) groups is 2. The normalized spacial score (nSPS) is 13.8. The summed E-state index contributed by atoms with van der Waals surface area (Å²) in [6.45, 7) is 8.16. The largest absolute Gasteiger partial charge is 0.459 e. The number of nitrogens with zero attached hydrogens (tertiary/aromatic N) is 3. The highest BCUT2D eigenvalue weighted by molar-refractivity contribution is 8.17. The van der Waals surface area contributed by atoms with Crippen LogP contribution in [0.4, 0.5) is 0 Å². The number of hydrogen-bond donors (Lipinski definition) is 0. The maximum atomic E-state index is 12.3. The van der Waals surface area contributed by atoms with Crippen molar-refractivity contribution in [2.75, 3.05) is 24.4 Å². The average Bonchev–Trinajstić information content (AvgIpc) is 2.71. The summed E-state index contributed by atoms with van der Waals surface area (Å²) in [6, 6.07) is 7.55. The van der Waals surface area contributed by atoms with Crippen LogP contribution in [0.2, 0.25) is 0 Å². The summed E-state index contributed by atoms with van der Waals surface area (Å²) in [4.78, 5) is 15.2. The third kappa shape index (κ3) is 12.6. The maximum Gasteiger partial charge on any atom is 0.338 e. The number of benzene rings is 1. The van der Waals surface area contributed by atoms with Crippen LogP contribution in [0.25, 0.3) is 10.4 Å². The van der Waals surface area contributed by atoms with Crippen molar-refractivity contribution in [1.82, 2.24) is 0 Å². The van der Waals surface area contributed by atoms with Crippen molar-refractivity contribution in [1.29, 1.82) is 0 Å². The molecule has 0 aliphatic rings. The summed E-state index contributed by atoms with van der Waals surface area (Å²) in [6.07, 6.45) is 0.197. The number of ether oxygens (including phenoxy) is 1. The Morgan fingerprint density at radius 1 is 1.09 bits per heavy atom. The minimum Gasteiger partial charge on any atom is -0.459 e. The standard InChI is InChI=1S/C21H33N3O5S3/c1-15(2)13-30-20(31-14-16(3)4)11-18(23-24-22)19(29-32(5,26)27)12-28-21(25)17-9-7-6-8-10-17/h6-10,15-16,18-20H,11-14H2,1-5H3/t18-,19+/m0/s1. The molecule has 0 aromatic heterocycles. The Morgan fingerprint density at radius 3 is 2.12 bits per heavy atom. The molecule has 11 heteroatoms. The van der Waals surface area contributed by atoms with E-state index in [1.165, 1.54) is 0 Å². The van der Waals surface area contributed by atoms with Gasteiger partial charge in [-0.1, -0.05) is 51.0 Å².